The van der Waals surface area contributed by atoms with Gasteiger partial charge in [-0.25, -0.2) is 0 Å². The largest absolute Gasteiger partial charge is 0.319 e. The molecular formula is C18H30ClN. The van der Waals surface area contributed by atoms with Crippen molar-refractivity contribution in [2.45, 2.75) is 52.4 Å². The quantitative estimate of drug-likeness (QED) is 0.615. The first-order valence-electron chi connectivity index (χ1n) is 8.08. The van der Waals surface area contributed by atoms with Gasteiger partial charge in [0.15, 0.2) is 0 Å². The van der Waals surface area contributed by atoms with Crippen molar-refractivity contribution in [2.24, 2.45) is 11.8 Å². The molecule has 0 bridgehead atoms. The molecule has 0 aliphatic heterocycles. The number of rotatable bonds is 10. The molecule has 1 rings (SSSR count). The van der Waals surface area contributed by atoms with E-state index in [0.29, 0.717) is 5.92 Å². The van der Waals surface area contributed by atoms with Gasteiger partial charge in [-0.3, -0.25) is 0 Å². The lowest BCUT2D eigenvalue weighted by molar-refractivity contribution is 0.329. The molecule has 0 heterocycles. The Kier molecular flexibility index (Phi) is 8.97. The summed E-state index contributed by atoms with van der Waals surface area (Å²) in [7, 11) is 2.05. The van der Waals surface area contributed by atoms with E-state index in [4.69, 9.17) is 11.6 Å². The van der Waals surface area contributed by atoms with Crippen LogP contribution in [0.4, 0.5) is 0 Å². The molecule has 1 nitrogen and oxygen atoms in total. The summed E-state index contributed by atoms with van der Waals surface area (Å²) in [6.45, 7) is 5.70. The van der Waals surface area contributed by atoms with E-state index in [-0.39, 0.29) is 0 Å². The lowest BCUT2D eigenvalue weighted by Gasteiger charge is -2.23. The maximum absolute atomic E-state index is 6.09. The van der Waals surface area contributed by atoms with Crippen LogP contribution in [-0.2, 0) is 6.42 Å². The highest BCUT2D eigenvalue weighted by Gasteiger charge is 2.15. The topological polar surface area (TPSA) is 12.0 Å². The zero-order chi connectivity index (χ0) is 14.8. The summed E-state index contributed by atoms with van der Waals surface area (Å²) in [6, 6.07) is 8.31. The average molecular weight is 296 g/mol. The maximum atomic E-state index is 6.09. The summed E-state index contributed by atoms with van der Waals surface area (Å²) in [6.07, 6.45) is 7.80. The van der Waals surface area contributed by atoms with E-state index in [9.17, 15) is 0 Å². The summed E-state index contributed by atoms with van der Waals surface area (Å²) in [5, 5.41) is 4.21. The van der Waals surface area contributed by atoms with Crippen LogP contribution in [0.15, 0.2) is 24.3 Å². The molecule has 0 spiro atoms. The van der Waals surface area contributed by atoms with Crippen LogP contribution in [0.3, 0.4) is 0 Å². The molecule has 2 heteroatoms. The van der Waals surface area contributed by atoms with Gasteiger partial charge < -0.3 is 5.32 Å². The fraction of sp³-hybridized carbons (Fsp3) is 0.667. The molecule has 0 aliphatic rings. The standard InChI is InChI=1S/C18H30ClN/c1-4-6-8-15(5-2)11-17(14-20-3)12-16-9-7-10-18(19)13-16/h7,9-10,13,15,17,20H,4-6,8,11-12,14H2,1-3H3. The molecule has 1 aromatic carbocycles. The van der Waals surface area contributed by atoms with Crippen molar-refractivity contribution >= 4 is 11.6 Å². The van der Waals surface area contributed by atoms with Crippen LogP contribution in [0.5, 0.6) is 0 Å². The minimum Gasteiger partial charge on any atom is -0.319 e. The minimum absolute atomic E-state index is 0.709. The van der Waals surface area contributed by atoms with E-state index in [1.54, 1.807) is 0 Å². The number of benzene rings is 1. The fourth-order valence-electron chi connectivity index (χ4n) is 2.98. The molecule has 0 radical (unpaired) electrons. The Balaban J connectivity index is 2.58. The molecule has 0 amide bonds. The Morgan fingerprint density at radius 1 is 1.20 bits per heavy atom. The Bertz CT molecular complexity index is 364. The highest BCUT2D eigenvalue weighted by Crippen LogP contribution is 2.24. The van der Waals surface area contributed by atoms with E-state index >= 15 is 0 Å². The summed E-state index contributed by atoms with van der Waals surface area (Å²) in [5.74, 6) is 1.58. The van der Waals surface area contributed by atoms with Crippen LogP contribution in [0.2, 0.25) is 5.02 Å². The Morgan fingerprint density at radius 2 is 2.00 bits per heavy atom. The first-order chi connectivity index (χ1) is 9.69. The molecule has 2 atom stereocenters. The predicted molar refractivity (Wildman–Crippen MR) is 90.5 cm³/mol. The Labute approximate surface area is 130 Å². The first kappa shape index (κ1) is 17.5. The number of unbranched alkanes of at least 4 members (excludes halogenated alkanes) is 1. The third-order valence-corrected chi connectivity index (χ3v) is 4.35. The van der Waals surface area contributed by atoms with Gasteiger partial charge in [-0.1, -0.05) is 63.3 Å². The molecule has 0 saturated carbocycles. The Morgan fingerprint density at radius 3 is 2.60 bits per heavy atom. The van der Waals surface area contributed by atoms with E-state index < -0.39 is 0 Å². The Hall–Kier alpha value is -0.530. The highest BCUT2D eigenvalue weighted by atomic mass is 35.5. The van der Waals surface area contributed by atoms with Crippen molar-refractivity contribution < 1.29 is 0 Å². The lowest BCUT2D eigenvalue weighted by Crippen LogP contribution is -2.23. The van der Waals surface area contributed by atoms with Crippen LogP contribution in [0.1, 0.15) is 51.5 Å². The second-order valence-corrected chi connectivity index (χ2v) is 6.35. The molecular weight excluding hydrogens is 266 g/mol. The monoisotopic (exact) mass is 295 g/mol. The van der Waals surface area contributed by atoms with Gasteiger partial charge in [0.05, 0.1) is 0 Å². The van der Waals surface area contributed by atoms with Gasteiger partial charge >= 0.3 is 0 Å². The summed E-state index contributed by atoms with van der Waals surface area (Å²) >= 11 is 6.09. The van der Waals surface area contributed by atoms with Gasteiger partial charge in [0.25, 0.3) is 0 Å². The van der Waals surface area contributed by atoms with Crippen molar-refractivity contribution in [3.8, 4) is 0 Å². The molecule has 2 unspecified atom stereocenters. The lowest BCUT2D eigenvalue weighted by atomic mass is 9.85. The third kappa shape index (κ3) is 6.76. The number of hydrogen-bond donors (Lipinski definition) is 1. The van der Waals surface area contributed by atoms with Gasteiger partial charge in [0.2, 0.25) is 0 Å². The second-order valence-electron chi connectivity index (χ2n) is 5.91. The van der Waals surface area contributed by atoms with E-state index in [2.05, 4.69) is 44.4 Å². The summed E-state index contributed by atoms with van der Waals surface area (Å²) < 4.78 is 0. The first-order valence-corrected chi connectivity index (χ1v) is 8.46. The van der Waals surface area contributed by atoms with Crippen LogP contribution >= 0.6 is 11.6 Å². The molecule has 114 valence electrons. The summed E-state index contributed by atoms with van der Waals surface area (Å²) in [5.41, 5.74) is 1.36. The third-order valence-electron chi connectivity index (χ3n) is 4.12. The van der Waals surface area contributed by atoms with Gasteiger partial charge in [0, 0.05) is 5.02 Å². The van der Waals surface area contributed by atoms with E-state index in [1.807, 2.05) is 6.07 Å². The smallest absolute Gasteiger partial charge is 0.0408 e. The molecule has 0 aromatic heterocycles. The predicted octanol–water partition coefficient (Wildman–Crippen LogP) is 5.32. The summed E-state index contributed by atoms with van der Waals surface area (Å²) in [4.78, 5) is 0. The second kappa shape index (κ2) is 10.2. The zero-order valence-electron chi connectivity index (χ0n) is 13.3. The number of hydrogen-bond acceptors (Lipinski definition) is 1. The van der Waals surface area contributed by atoms with E-state index in [0.717, 1.165) is 23.9 Å². The van der Waals surface area contributed by atoms with Crippen molar-refractivity contribution in [1.82, 2.24) is 5.32 Å². The molecule has 0 aliphatic carbocycles. The van der Waals surface area contributed by atoms with Crippen molar-refractivity contribution in [1.29, 1.82) is 0 Å². The number of nitrogens with one attached hydrogen (secondary N) is 1. The highest BCUT2D eigenvalue weighted by molar-refractivity contribution is 6.30. The molecule has 0 saturated heterocycles. The SMILES string of the molecule is CCCCC(CC)CC(CNC)Cc1cccc(Cl)c1. The molecule has 0 fully saturated rings. The molecule has 1 aromatic rings. The van der Waals surface area contributed by atoms with Crippen LogP contribution in [-0.4, -0.2) is 13.6 Å². The van der Waals surface area contributed by atoms with Gasteiger partial charge in [-0.2, -0.15) is 0 Å². The van der Waals surface area contributed by atoms with Crippen LogP contribution in [0, 0.1) is 11.8 Å². The molecule has 20 heavy (non-hydrogen) atoms. The minimum atomic E-state index is 0.709. The van der Waals surface area contributed by atoms with Crippen molar-refractivity contribution in [3.63, 3.8) is 0 Å². The van der Waals surface area contributed by atoms with E-state index in [1.165, 1.54) is 37.7 Å². The van der Waals surface area contributed by atoms with Crippen LogP contribution < -0.4 is 5.32 Å². The van der Waals surface area contributed by atoms with Crippen molar-refractivity contribution in [2.75, 3.05) is 13.6 Å². The fourth-order valence-corrected chi connectivity index (χ4v) is 3.19. The maximum Gasteiger partial charge on any atom is 0.0408 e. The van der Waals surface area contributed by atoms with Crippen LogP contribution in [0.25, 0.3) is 0 Å². The number of halogens is 1. The van der Waals surface area contributed by atoms with Gasteiger partial charge in [-0.15, -0.1) is 0 Å². The van der Waals surface area contributed by atoms with Gasteiger partial charge in [0.1, 0.15) is 0 Å². The zero-order valence-corrected chi connectivity index (χ0v) is 14.0. The van der Waals surface area contributed by atoms with Crippen molar-refractivity contribution in [3.05, 3.63) is 34.9 Å². The average Bonchev–Trinajstić information content (AvgIpc) is 2.43. The molecule has 1 N–H and O–H groups in total. The normalized spacial score (nSPS) is 14.2. The van der Waals surface area contributed by atoms with Gasteiger partial charge in [-0.05, 0) is 56.0 Å².